The number of hydrogen-bond donors (Lipinski definition) is 5. The standard InChI is InChI=1S/C32H43N7O3S.C32H39N7O3S/c2*1-31(2,3)26-16-13-23-29(36-26)39-20-22(18-32(39,4)5)12-15-25(24-14-11-21(19-34-24)8-7-17-33)35-27-9-6-10-28(37-27)43(41,42)38-30(23)40/h6,9-11,13-14,16,19,22,25H,7-8,12,15,17-18,20,33H2,1-5H3,(H,35,37)(H,38,40);6,9-11,13-14,16,19,22,25H,7-8,12,15,18,20H2,1-5H3,(H,35,37)(H,38,40)/t2*22-,25?/m00/s1. The molecule has 2 fully saturated rings. The van der Waals surface area contributed by atoms with Crippen LogP contribution in [0.2, 0.25) is 0 Å². The lowest BCUT2D eigenvalue weighted by Crippen LogP contribution is -2.41. The van der Waals surface area contributed by atoms with E-state index in [1.54, 1.807) is 54.7 Å². The molecule has 4 aliphatic heterocycles. The van der Waals surface area contributed by atoms with Crippen LogP contribution in [0.5, 0.6) is 0 Å². The first-order valence-electron chi connectivity index (χ1n) is 29.7. The Morgan fingerprint density at radius 3 is 1.41 bits per heavy atom. The van der Waals surface area contributed by atoms with Crippen molar-refractivity contribution in [3.05, 3.63) is 142 Å². The molecule has 4 atom stereocenters. The normalized spacial score (nSPS) is 21.5. The lowest BCUT2D eigenvalue weighted by Gasteiger charge is -2.34. The maximum Gasteiger partial charge on any atom is 0.281 e. The van der Waals surface area contributed by atoms with Gasteiger partial charge in [0.25, 0.3) is 31.9 Å². The molecule has 2 unspecified atom stereocenters. The Morgan fingerprint density at radius 1 is 0.593 bits per heavy atom. The molecule has 8 bridgehead atoms. The summed E-state index contributed by atoms with van der Waals surface area (Å²) in [5.74, 6) is 0.933. The first-order valence-corrected chi connectivity index (χ1v) is 32.7. The Balaban J connectivity index is 0.000000205. The Labute approximate surface area is 507 Å². The monoisotopic (exact) mass is 1210 g/mol. The average molecular weight is 1210 g/mol. The van der Waals surface area contributed by atoms with Gasteiger partial charge in [0.15, 0.2) is 10.1 Å². The number of carbonyl (C=O) groups is 2. The lowest BCUT2D eigenvalue weighted by molar-refractivity contribution is 0.0972. The highest BCUT2D eigenvalue weighted by Crippen LogP contribution is 2.43. The van der Waals surface area contributed by atoms with E-state index in [0.29, 0.717) is 67.6 Å². The summed E-state index contributed by atoms with van der Waals surface area (Å²) in [6.45, 7) is 23.0. The van der Waals surface area contributed by atoms with Crippen LogP contribution in [0.1, 0.15) is 187 Å². The number of aryl methyl sites for hydroxylation is 2. The lowest BCUT2D eigenvalue weighted by atomic mass is 9.90. The number of carbonyl (C=O) groups excluding carboxylic acids is 2. The van der Waals surface area contributed by atoms with Crippen LogP contribution in [0.3, 0.4) is 0 Å². The molecule has 4 aliphatic rings. The summed E-state index contributed by atoms with van der Waals surface area (Å²) in [6, 6.07) is 26.2. The minimum absolute atomic E-state index is 0.191. The zero-order valence-corrected chi connectivity index (χ0v) is 52.7. The number of aromatic nitrogens is 6. The highest BCUT2D eigenvalue weighted by Gasteiger charge is 2.44. The van der Waals surface area contributed by atoms with Crippen LogP contribution < -0.4 is 35.6 Å². The Hall–Kier alpha value is -7.61. The van der Waals surface area contributed by atoms with Crippen LogP contribution in [-0.2, 0) is 43.7 Å². The molecule has 2 amide bonds. The second-order valence-corrected chi connectivity index (χ2v) is 29.8. The van der Waals surface area contributed by atoms with Gasteiger partial charge in [-0.3, -0.25) is 19.6 Å². The van der Waals surface area contributed by atoms with E-state index in [9.17, 15) is 26.4 Å². The smallest absolute Gasteiger partial charge is 0.281 e. The fraction of sp³-hybridized carbons (Fsp3) is 0.484. The molecule has 10 rings (SSSR count). The highest BCUT2D eigenvalue weighted by atomic mass is 32.2. The summed E-state index contributed by atoms with van der Waals surface area (Å²) in [5, 5.41) is 15.3. The Kier molecular flexibility index (Phi) is 18.3. The van der Waals surface area contributed by atoms with E-state index in [4.69, 9.17) is 30.9 Å². The zero-order chi connectivity index (χ0) is 62.0. The van der Waals surface area contributed by atoms with Crippen LogP contribution in [0.25, 0.3) is 0 Å². The quantitative estimate of drug-likeness (QED) is 0.0993. The number of nitrogens with two attached hydrogens (primary N) is 1. The second-order valence-electron chi connectivity index (χ2n) is 26.5. The Bertz CT molecular complexity index is 3730. The van der Waals surface area contributed by atoms with Crippen molar-refractivity contribution >= 4 is 55.1 Å². The minimum Gasteiger partial charge on any atom is -0.362 e. The molecule has 6 aromatic heterocycles. The molecule has 0 aromatic carbocycles. The van der Waals surface area contributed by atoms with Crippen molar-refractivity contribution in [2.24, 2.45) is 17.6 Å². The molecule has 0 aliphatic carbocycles. The van der Waals surface area contributed by atoms with Gasteiger partial charge in [-0.1, -0.05) is 65.8 Å². The van der Waals surface area contributed by atoms with Gasteiger partial charge in [0.2, 0.25) is 0 Å². The number of nitriles is 1. The maximum absolute atomic E-state index is 13.6. The van der Waals surface area contributed by atoms with Gasteiger partial charge in [0.1, 0.15) is 23.3 Å². The van der Waals surface area contributed by atoms with E-state index in [0.717, 1.165) is 85.3 Å². The summed E-state index contributed by atoms with van der Waals surface area (Å²) < 4.78 is 58.2. The number of amides is 2. The van der Waals surface area contributed by atoms with Crippen LogP contribution >= 0.6 is 0 Å². The van der Waals surface area contributed by atoms with Crippen LogP contribution in [0.4, 0.5) is 23.3 Å². The van der Waals surface area contributed by atoms with Crippen LogP contribution in [-0.4, -0.2) is 89.3 Å². The van der Waals surface area contributed by atoms with E-state index in [2.05, 4.69) is 121 Å². The number of anilines is 4. The number of nitrogens with one attached hydrogen (secondary N) is 4. The number of sulfonamides is 2. The largest absolute Gasteiger partial charge is 0.362 e. The van der Waals surface area contributed by atoms with Crippen LogP contribution in [0, 0.1) is 23.2 Å². The predicted octanol–water partition coefficient (Wildman–Crippen LogP) is 10.0. The molecule has 22 heteroatoms. The van der Waals surface area contributed by atoms with E-state index in [1.165, 1.54) is 12.1 Å². The number of nitrogens with zero attached hydrogens (tertiary/aromatic N) is 9. The van der Waals surface area contributed by atoms with E-state index < -0.39 is 31.9 Å². The van der Waals surface area contributed by atoms with Crippen molar-refractivity contribution < 1.29 is 26.4 Å². The summed E-state index contributed by atoms with van der Waals surface area (Å²) in [7, 11) is -8.56. The molecule has 0 spiro atoms. The van der Waals surface area contributed by atoms with Crippen molar-refractivity contribution in [1.82, 2.24) is 39.3 Å². The van der Waals surface area contributed by atoms with Crippen molar-refractivity contribution in [1.29, 1.82) is 5.26 Å². The van der Waals surface area contributed by atoms with Gasteiger partial charge in [-0.2, -0.15) is 22.1 Å². The first kappa shape index (κ1) is 62.9. The van der Waals surface area contributed by atoms with Gasteiger partial charge in [0.05, 0.1) is 40.7 Å². The summed E-state index contributed by atoms with van der Waals surface area (Å²) in [4.78, 5) is 59.8. The molecule has 456 valence electrons. The van der Waals surface area contributed by atoms with Gasteiger partial charge in [-0.15, -0.1) is 0 Å². The summed E-state index contributed by atoms with van der Waals surface area (Å²) in [5.41, 5.74) is 10.4. The molecule has 0 radical (unpaired) electrons. The number of pyridine rings is 6. The molecular formula is C64H82N14O6S2. The fourth-order valence-corrected chi connectivity index (χ4v) is 13.9. The van der Waals surface area contributed by atoms with Crippen molar-refractivity contribution in [2.75, 3.05) is 40.1 Å². The van der Waals surface area contributed by atoms with Gasteiger partial charge >= 0.3 is 0 Å². The molecule has 20 nitrogen and oxygen atoms in total. The van der Waals surface area contributed by atoms with Crippen molar-refractivity contribution in [3.63, 3.8) is 0 Å². The number of hydrogen-bond acceptors (Lipinski definition) is 18. The summed E-state index contributed by atoms with van der Waals surface area (Å²) in [6.07, 6.45) is 11.6. The highest BCUT2D eigenvalue weighted by molar-refractivity contribution is 7.90. The maximum atomic E-state index is 13.6. The minimum atomic E-state index is -4.29. The first-order chi connectivity index (χ1) is 40.5. The second kappa shape index (κ2) is 25.0. The third kappa shape index (κ3) is 14.6. The fourth-order valence-electron chi connectivity index (χ4n) is 12.0. The van der Waals surface area contributed by atoms with E-state index in [-0.39, 0.29) is 55.2 Å². The van der Waals surface area contributed by atoms with Gasteiger partial charge < -0.3 is 26.2 Å². The third-order valence-electron chi connectivity index (χ3n) is 16.6. The van der Waals surface area contributed by atoms with Gasteiger partial charge in [0, 0.05) is 65.2 Å². The SMILES string of the molecule is CC(C)(C)c1ccc2c(n1)N1C[C@@H](CCC(c3ccc(CCC#N)cn3)Nc3cccc(n3)S(=O)(=O)NC2=O)CC1(C)C.CC(C)(C)c1ccc2c(n1)N1C[C@@H](CCC(c3ccc(CCCN)cn3)Nc3cccc(n3)S(=O)(=O)NC2=O)CC1(C)C. The van der Waals surface area contributed by atoms with E-state index in [1.807, 2.05) is 24.4 Å². The summed E-state index contributed by atoms with van der Waals surface area (Å²) >= 11 is 0. The van der Waals surface area contributed by atoms with Crippen molar-refractivity contribution in [3.8, 4) is 6.07 Å². The molecule has 2 saturated heterocycles. The van der Waals surface area contributed by atoms with Crippen LogP contribution in [0.15, 0.2) is 107 Å². The molecule has 6 aromatic rings. The molecular weight excluding hydrogens is 1120 g/mol. The molecule has 0 saturated carbocycles. The number of fused-ring (bicyclic) bond motifs is 12. The van der Waals surface area contributed by atoms with E-state index >= 15 is 0 Å². The Morgan fingerprint density at radius 2 is 1.02 bits per heavy atom. The molecule has 10 heterocycles. The zero-order valence-electron chi connectivity index (χ0n) is 51.1. The predicted molar refractivity (Wildman–Crippen MR) is 334 cm³/mol. The van der Waals surface area contributed by atoms with Crippen molar-refractivity contribution in [2.45, 2.75) is 177 Å². The number of rotatable bonds is 7. The van der Waals surface area contributed by atoms with Gasteiger partial charge in [-0.25, -0.2) is 29.4 Å². The topological polar surface area (TPSA) is 284 Å². The van der Waals surface area contributed by atoms with Gasteiger partial charge in [-0.05, 0) is 176 Å². The average Bonchev–Trinajstić information content (AvgIpc) is 2.10. The third-order valence-corrected chi connectivity index (χ3v) is 19.1. The molecule has 86 heavy (non-hydrogen) atoms. The molecule has 6 N–H and O–H groups in total.